The fraction of sp³-hybridized carbons (Fsp3) is 0.929. The first-order valence-corrected chi connectivity index (χ1v) is 7.29. The van der Waals surface area contributed by atoms with Crippen LogP contribution in [0.5, 0.6) is 0 Å². The van der Waals surface area contributed by atoms with Crippen LogP contribution in [0, 0.1) is 0 Å². The fourth-order valence-corrected chi connectivity index (χ4v) is 1.68. The van der Waals surface area contributed by atoms with E-state index in [1.54, 1.807) is 14.0 Å². The lowest BCUT2D eigenvalue weighted by Crippen LogP contribution is -2.32. The van der Waals surface area contributed by atoms with Crippen LogP contribution in [-0.4, -0.2) is 56.9 Å². The van der Waals surface area contributed by atoms with E-state index in [2.05, 4.69) is 12.2 Å². The first-order valence-electron chi connectivity index (χ1n) is 7.29. The Morgan fingerprint density at radius 1 is 1.30 bits per heavy atom. The molecular weight excluding hydrogens is 262 g/mol. The van der Waals surface area contributed by atoms with Crippen molar-refractivity contribution in [3.63, 3.8) is 0 Å². The molecule has 0 aromatic carbocycles. The molecule has 0 aromatic rings. The van der Waals surface area contributed by atoms with Gasteiger partial charge in [0.05, 0.1) is 25.9 Å². The van der Waals surface area contributed by atoms with Crippen LogP contribution in [0.1, 0.15) is 39.5 Å². The maximum absolute atomic E-state index is 11.4. The first-order chi connectivity index (χ1) is 9.60. The molecule has 20 heavy (non-hydrogen) atoms. The van der Waals surface area contributed by atoms with Gasteiger partial charge in [0.25, 0.3) is 0 Å². The molecule has 2 unspecified atom stereocenters. The van der Waals surface area contributed by atoms with Gasteiger partial charge in [-0.1, -0.05) is 19.8 Å². The van der Waals surface area contributed by atoms with Crippen molar-refractivity contribution in [2.24, 2.45) is 0 Å². The van der Waals surface area contributed by atoms with Crippen molar-refractivity contribution in [3.8, 4) is 0 Å². The minimum Gasteiger partial charge on any atom is -0.446 e. The summed E-state index contributed by atoms with van der Waals surface area (Å²) in [7, 11) is 1.61. The Morgan fingerprint density at radius 2 is 2.05 bits per heavy atom. The molecule has 2 N–H and O–H groups in total. The number of aliphatic hydroxyl groups is 1. The molecule has 0 aliphatic heterocycles. The van der Waals surface area contributed by atoms with E-state index in [-0.39, 0.29) is 6.10 Å². The van der Waals surface area contributed by atoms with Crippen LogP contribution in [0.25, 0.3) is 0 Å². The Balaban J connectivity index is 3.54. The third-order valence-corrected chi connectivity index (χ3v) is 2.75. The van der Waals surface area contributed by atoms with E-state index in [1.807, 2.05) is 0 Å². The minimum absolute atomic E-state index is 0.295. The van der Waals surface area contributed by atoms with Crippen molar-refractivity contribution in [3.05, 3.63) is 0 Å². The number of ether oxygens (including phenoxy) is 3. The molecule has 2 atom stereocenters. The average molecular weight is 291 g/mol. The number of methoxy groups -OCH3 is 1. The van der Waals surface area contributed by atoms with Gasteiger partial charge in [-0.2, -0.15) is 0 Å². The standard InChI is InChI=1S/C14H29NO5/c1-4-5-6-13(16)11-12(2)20-14(17)15-7-8-19-10-9-18-3/h12-13,16H,4-11H2,1-3H3,(H,15,17). The number of hydrogen-bond acceptors (Lipinski definition) is 5. The zero-order valence-electron chi connectivity index (χ0n) is 12.9. The summed E-state index contributed by atoms with van der Waals surface area (Å²) in [6.07, 6.45) is 2.08. The third-order valence-electron chi connectivity index (χ3n) is 2.75. The highest BCUT2D eigenvalue weighted by Gasteiger charge is 2.13. The Kier molecular flexibility index (Phi) is 12.6. The summed E-state index contributed by atoms with van der Waals surface area (Å²) in [5.41, 5.74) is 0. The van der Waals surface area contributed by atoms with Crippen LogP contribution in [0.3, 0.4) is 0 Å². The highest BCUT2D eigenvalue weighted by Crippen LogP contribution is 2.09. The van der Waals surface area contributed by atoms with Crippen LogP contribution in [-0.2, 0) is 14.2 Å². The maximum Gasteiger partial charge on any atom is 0.407 e. The molecule has 6 nitrogen and oxygen atoms in total. The monoisotopic (exact) mass is 291 g/mol. The van der Waals surface area contributed by atoms with Gasteiger partial charge in [0.1, 0.15) is 6.10 Å². The number of carbonyl (C=O) groups excluding carboxylic acids is 1. The fourth-order valence-electron chi connectivity index (χ4n) is 1.68. The van der Waals surface area contributed by atoms with Crippen molar-refractivity contribution in [2.45, 2.75) is 51.7 Å². The molecule has 0 saturated heterocycles. The van der Waals surface area contributed by atoms with Crippen molar-refractivity contribution in [2.75, 3.05) is 33.5 Å². The number of hydrogen-bond donors (Lipinski definition) is 2. The zero-order chi connectivity index (χ0) is 15.2. The smallest absolute Gasteiger partial charge is 0.407 e. The SMILES string of the molecule is CCCCC(O)CC(C)OC(=O)NCCOCCOC. The molecule has 0 aliphatic carbocycles. The molecule has 0 heterocycles. The Labute approximate surface area is 121 Å². The van der Waals surface area contributed by atoms with Gasteiger partial charge in [-0.15, -0.1) is 0 Å². The van der Waals surface area contributed by atoms with Gasteiger partial charge in [-0.05, 0) is 13.3 Å². The highest BCUT2D eigenvalue weighted by atomic mass is 16.6. The highest BCUT2D eigenvalue weighted by molar-refractivity contribution is 5.67. The molecule has 0 saturated carbocycles. The van der Waals surface area contributed by atoms with Gasteiger partial charge in [-0.25, -0.2) is 4.79 Å². The Hall–Kier alpha value is -0.850. The molecule has 0 radical (unpaired) electrons. The van der Waals surface area contributed by atoms with Gasteiger partial charge < -0.3 is 24.6 Å². The molecule has 0 fully saturated rings. The molecule has 6 heteroatoms. The Bertz CT molecular complexity index is 238. The summed E-state index contributed by atoms with van der Waals surface area (Å²) in [5, 5.41) is 12.3. The summed E-state index contributed by atoms with van der Waals surface area (Å²) >= 11 is 0. The normalized spacial score (nSPS) is 13.8. The number of nitrogens with one attached hydrogen (secondary N) is 1. The van der Waals surface area contributed by atoms with Gasteiger partial charge in [0.15, 0.2) is 0 Å². The van der Waals surface area contributed by atoms with Crippen molar-refractivity contribution < 1.29 is 24.1 Å². The second-order valence-electron chi connectivity index (χ2n) is 4.78. The quantitative estimate of drug-likeness (QED) is 0.535. The summed E-state index contributed by atoms with van der Waals surface area (Å²) in [4.78, 5) is 11.4. The molecular formula is C14H29NO5. The van der Waals surface area contributed by atoms with E-state index in [9.17, 15) is 9.90 Å². The second-order valence-corrected chi connectivity index (χ2v) is 4.78. The number of aliphatic hydroxyl groups excluding tert-OH is 1. The molecule has 0 aliphatic rings. The number of alkyl carbamates (subject to hydrolysis) is 1. The number of carbonyl (C=O) groups is 1. The third kappa shape index (κ3) is 12.2. The summed E-state index contributed by atoms with van der Waals surface area (Å²) in [6.45, 7) is 5.72. The maximum atomic E-state index is 11.4. The molecule has 0 rings (SSSR count). The van der Waals surface area contributed by atoms with Crippen molar-refractivity contribution in [1.29, 1.82) is 0 Å². The van der Waals surface area contributed by atoms with Gasteiger partial charge in [0, 0.05) is 20.1 Å². The van der Waals surface area contributed by atoms with E-state index in [0.29, 0.717) is 32.8 Å². The van der Waals surface area contributed by atoms with Crippen LogP contribution < -0.4 is 5.32 Å². The van der Waals surface area contributed by atoms with Gasteiger partial charge in [0.2, 0.25) is 0 Å². The van der Waals surface area contributed by atoms with Gasteiger partial charge >= 0.3 is 6.09 Å². The van der Waals surface area contributed by atoms with Gasteiger partial charge in [-0.3, -0.25) is 0 Å². The molecule has 0 bridgehead atoms. The largest absolute Gasteiger partial charge is 0.446 e. The summed E-state index contributed by atoms with van der Waals surface area (Å²) < 4.78 is 15.2. The van der Waals surface area contributed by atoms with Crippen LogP contribution in [0.4, 0.5) is 4.79 Å². The zero-order valence-corrected chi connectivity index (χ0v) is 12.9. The van der Waals surface area contributed by atoms with E-state index in [4.69, 9.17) is 14.2 Å². The van der Waals surface area contributed by atoms with Crippen molar-refractivity contribution in [1.82, 2.24) is 5.32 Å². The molecule has 0 spiro atoms. The predicted octanol–water partition coefficient (Wildman–Crippen LogP) is 1.71. The Morgan fingerprint density at radius 3 is 2.70 bits per heavy atom. The average Bonchev–Trinajstić information content (AvgIpc) is 2.40. The minimum atomic E-state index is -0.476. The second kappa shape index (κ2) is 13.1. The van der Waals surface area contributed by atoms with E-state index in [0.717, 1.165) is 19.3 Å². The molecule has 1 amide bonds. The topological polar surface area (TPSA) is 77.0 Å². The van der Waals surface area contributed by atoms with E-state index >= 15 is 0 Å². The van der Waals surface area contributed by atoms with E-state index in [1.165, 1.54) is 0 Å². The molecule has 120 valence electrons. The summed E-state index contributed by atoms with van der Waals surface area (Å²) in [5.74, 6) is 0. The molecule has 0 aromatic heterocycles. The van der Waals surface area contributed by atoms with E-state index < -0.39 is 12.2 Å². The predicted molar refractivity (Wildman–Crippen MR) is 76.8 cm³/mol. The number of rotatable bonds is 12. The lowest BCUT2D eigenvalue weighted by atomic mass is 10.1. The first kappa shape index (κ1) is 19.1. The van der Waals surface area contributed by atoms with Crippen LogP contribution in [0.15, 0.2) is 0 Å². The lowest BCUT2D eigenvalue weighted by Gasteiger charge is -2.17. The number of unbranched alkanes of at least 4 members (excludes halogenated alkanes) is 1. The van der Waals surface area contributed by atoms with Crippen LogP contribution >= 0.6 is 0 Å². The summed E-state index contributed by atoms with van der Waals surface area (Å²) in [6, 6.07) is 0. The lowest BCUT2D eigenvalue weighted by molar-refractivity contribution is 0.0530. The van der Waals surface area contributed by atoms with Crippen molar-refractivity contribution >= 4 is 6.09 Å². The van der Waals surface area contributed by atoms with Crippen LogP contribution in [0.2, 0.25) is 0 Å². The number of amides is 1.